The van der Waals surface area contributed by atoms with Gasteiger partial charge in [-0.15, -0.1) is 0 Å². The van der Waals surface area contributed by atoms with Crippen molar-refractivity contribution in [1.82, 2.24) is 9.97 Å². The fourth-order valence-electron chi connectivity index (χ4n) is 0.593. The first kappa shape index (κ1) is 8.45. The Labute approximate surface area is 67.5 Å². The monoisotopic (exact) mass is 171 g/mol. The van der Waals surface area contributed by atoms with E-state index in [4.69, 9.17) is 0 Å². The average Bonchev–Trinajstić information content (AvgIpc) is 2.07. The van der Waals surface area contributed by atoms with E-state index in [1.54, 1.807) is 6.07 Å². The summed E-state index contributed by atoms with van der Waals surface area (Å²) in [7, 11) is 0. The zero-order chi connectivity index (χ0) is 8.10. The fraction of sp³-hybridized carbons (Fsp3) is 0.333. The highest BCUT2D eigenvalue weighted by Crippen LogP contribution is 2.04. The molecular formula is C6H7N2O2S. The predicted molar refractivity (Wildman–Crippen MR) is 38.9 cm³/mol. The van der Waals surface area contributed by atoms with Crippen LogP contribution in [0.4, 0.5) is 0 Å². The summed E-state index contributed by atoms with van der Waals surface area (Å²) in [6.07, 6.45) is 2.82. The molecular weight excluding hydrogens is 164 g/mol. The van der Waals surface area contributed by atoms with Crippen LogP contribution in [-0.2, 0) is 16.3 Å². The summed E-state index contributed by atoms with van der Waals surface area (Å²) in [4.78, 5) is 7.41. The van der Waals surface area contributed by atoms with E-state index in [2.05, 4.69) is 9.97 Å². The molecule has 1 aromatic rings. The molecule has 0 aliphatic rings. The van der Waals surface area contributed by atoms with Crippen molar-refractivity contribution in [3.63, 3.8) is 0 Å². The third-order valence-electron chi connectivity index (χ3n) is 1.06. The molecule has 1 unspecified atom stereocenters. The van der Waals surface area contributed by atoms with Gasteiger partial charge in [0, 0.05) is 23.4 Å². The van der Waals surface area contributed by atoms with Gasteiger partial charge in [-0.25, -0.2) is 10.1 Å². The molecule has 1 rings (SSSR count). The van der Waals surface area contributed by atoms with E-state index >= 15 is 0 Å². The number of hydrogen-bond donors (Lipinski definition) is 0. The van der Waals surface area contributed by atoms with Crippen LogP contribution in [0.3, 0.4) is 0 Å². The van der Waals surface area contributed by atoms with Crippen LogP contribution in [0.2, 0.25) is 0 Å². The van der Waals surface area contributed by atoms with Gasteiger partial charge in [0.05, 0.1) is 0 Å². The van der Waals surface area contributed by atoms with Crippen molar-refractivity contribution in [2.45, 2.75) is 5.03 Å². The zero-order valence-corrected chi connectivity index (χ0v) is 6.58. The molecule has 0 aliphatic carbocycles. The highest BCUT2D eigenvalue weighted by atomic mass is 32.2. The molecule has 1 radical (unpaired) electrons. The van der Waals surface area contributed by atoms with Crippen molar-refractivity contribution in [2.75, 3.05) is 12.4 Å². The normalized spacial score (nSPS) is 12.9. The molecule has 1 atom stereocenters. The summed E-state index contributed by atoms with van der Waals surface area (Å²) in [6.45, 7) is -0.337. The van der Waals surface area contributed by atoms with Crippen LogP contribution in [0.25, 0.3) is 0 Å². The first-order valence-electron chi connectivity index (χ1n) is 3.07. The standard InChI is InChI=1S/C6H7N2O2S/c9-3-4-11(10)6-1-2-7-5-8-6/h1-2,5H,3-4H2. The smallest absolute Gasteiger partial charge is 0.247 e. The van der Waals surface area contributed by atoms with Crippen molar-refractivity contribution in [3.8, 4) is 0 Å². The molecule has 0 aromatic carbocycles. The van der Waals surface area contributed by atoms with E-state index in [-0.39, 0.29) is 12.4 Å². The first-order valence-corrected chi connectivity index (χ1v) is 4.39. The van der Waals surface area contributed by atoms with Gasteiger partial charge < -0.3 is 4.55 Å². The van der Waals surface area contributed by atoms with Gasteiger partial charge in [0.15, 0.2) is 0 Å². The Morgan fingerprint density at radius 3 is 3.00 bits per heavy atom. The Balaban J connectivity index is 2.61. The summed E-state index contributed by atoms with van der Waals surface area (Å²) in [5.41, 5.74) is 0. The molecule has 0 N–H and O–H groups in total. The molecule has 1 aromatic heterocycles. The minimum absolute atomic E-state index is 0.122. The Morgan fingerprint density at radius 2 is 2.45 bits per heavy atom. The fourth-order valence-corrected chi connectivity index (χ4v) is 1.33. The lowest BCUT2D eigenvalue weighted by atomic mass is 10.7. The van der Waals surface area contributed by atoms with Gasteiger partial charge in [-0.05, 0) is 0 Å². The molecule has 0 spiro atoms. The van der Waals surface area contributed by atoms with Gasteiger partial charge in [0.1, 0.15) is 18.7 Å². The minimum Gasteiger partial charge on any atom is -0.610 e. The van der Waals surface area contributed by atoms with Crippen LogP contribution >= 0.6 is 0 Å². The molecule has 1 heterocycles. The Bertz CT molecular complexity index is 207. The molecule has 5 heteroatoms. The quantitative estimate of drug-likeness (QED) is 0.475. The SMILES string of the molecule is [O]CC[S+]([O-])c1ccncn1. The lowest BCUT2D eigenvalue weighted by Gasteiger charge is -2.04. The maximum atomic E-state index is 11.1. The van der Waals surface area contributed by atoms with Crippen molar-refractivity contribution in [2.24, 2.45) is 0 Å². The van der Waals surface area contributed by atoms with Crippen LogP contribution in [0.15, 0.2) is 23.6 Å². The highest BCUT2D eigenvalue weighted by Gasteiger charge is 2.10. The largest absolute Gasteiger partial charge is 0.610 e. The van der Waals surface area contributed by atoms with Gasteiger partial charge in [-0.2, -0.15) is 4.98 Å². The second-order valence-corrected chi connectivity index (χ2v) is 3.32. The van der Waals surface area contributed by atoms with Crippen LogP contribution in [0, 0.1) is 0 Å². The topological polar surface area (TPSA) is 68.7 Å². The first-order chi connectivity index (χ1) is 5.34. The van der Waals surface area contributed by atoms with Crippen LogP contribution in [-0.4, -0.2) is 26.9 Å². The van der Waals surface area contributed by atoms with Crippen molar-refractivity contribution in [1.29, 1.82) is 0 Å². The van der Waals surface area contributed by atoms with Gasteiger partial charge in [0.25, 0.3) is 0 Å². The third-order valence-corrected chi connectivity index (χ3v) is 2.30. The predicted octanol–water partition coefficient (Wildman–Crippen LogP) is 0.0147. The van der Waals surface area contributed by atoms with Crippen LogP contribution in [0.5, 0.6) is 0 Å². The van der Waals surface area contributed by atoms with E-state index in [1.807, 2.05) is 0 Å². The minimum atomic E-state index is -1.25. The molecule has 0 fully saturated rings. The van der Waals surface area contributed by atoms with E-state index in [9.17, 15) is 9.66 Å². The van der Waals surface area contributed by atoms with Crippen LogP contribution in [0.1, 0.15) is 0 Å². The van der Waals surface area contributed by atoms with E-state index in [0.29, 0.717) is 5.03 Å². The molecule has 0 saturated heterocycles. The van der Waals surface area contributed by atoms with Gasteiger partial charge >= 0.3 is 0 Å². The number of hydrogen-bond acceptors (Lipinski definition) is 3. The van der Waals surface area contributed by atoms with Gasteiger partial charge in [-0.1, -0.05) is 0 Å². The Morgan fingerprint density at radius 1 is 1.64 bits per heavy atom. The Hall–Kier alpha value is -0.650. The van der Waals surface area contributed by atoms with Crippen molar-refractivity contribution < 1.29 is 9.66 Å². The molecule has 0 saturated carbocycles. The number of aromatic nitrogens is 2. The molecule has 59 valence electrons. The second kappa shape index (κ2) is 4.27. The third kappa shape index (κ3) is 2.45. The number of rotatable bonds is 3. The summed E-state index contributed by atoms with van der Waals surface area (Å²) in [6, 6.07) is 1.55. The zero-order valence-electron chi connectivity index (χ0n) is 5.77. The van der Waals surface area contributed by atoms with E-state index in [1.165, 1.54) is 12.5 Å². The van der Waals surface area contributed by atoms with E-state index in [0.717, 1.165) is 0 Å². The summed E-state index contributed by atoms with van der Waals surface area (Å²) >= 11 is -1.25. The number of nitrogens with zero attached hydrogens (tertiary/aromatic N) is 2. The molecule has 0 amide bonds. The summed E-state index contributed by atoms with van der Waals surface area (Å²) in [5, 5.41) is 10.5. The summed E-state index contributed by atoms with van der Waals surface area (Å²) < 4.78 is 11.1. The lowest BCUT2D eigenvalue weighted by molar-refractivity contribution is 0.213. The lowest BCUT2D eigenvalue weighted by Crippen LogP contribution is -2.10. The van der Waals surface area contributed by atoms with Gasteiger partial charge in [-0.3, -0.25) is 0 Å². The maximum Gasteiger partial charge on any atom is 0.247 e. The molecule has 11 heavy (non-hydrogen) atoms. The summed E-state index contributed by atoms with van der Waals surface area (Å²) in [5.74, 6) is 0.122. The highest BCUT2D eigenvalue weighted by molar-refractivity contribution is 7.91. The van der Waals surface area contributed by atoms with Crippen molar-refractivity contribution in [3.05, 3.63) is 18.6 Å². The average molecular weight is 171 g/mol. The second-order valence-electron chi connectivity index (χ2n) is 1.80. The van der Waals surface area contributed by atoms with Crippen molar-refractivity contribution >= 4 is 11.2 Å². The van der Waals surface area contributed by atoms with Crippen LogP contribution < -0.4 is 0 Å². The van der Waals surface area contributed by atoms with Gasteiger partial charge in [0.2, 0.25) is 5.03 Å². The molecule has 0 aliphatic heterocycles. The molecule has 0 bridgehead atoms. The molecule has 4 nitrogen and oxygen atoms in total. The maximum absolute atomic E-state index is 11.1. The Kier molecular flexibility index (Phi) is 3.28. The van der Waals surface area contributed by atoms with E-state index < -0.39 is 11.2 Å².